The van der Waals surface area contributed by atoms with E-state index < -0.39 is 0 Å². The predicted molar refractivity (Wildman–Crippen MR) is 81.8 cm³/mol. The van der Waals surface area contributed by atoms with Crippen LogP contribution < -0.4 is 11.3 Å². The van der Waals surface area contributed by atoms with Crippen LogP contribution in [0.3, 0.4) is 0 Å². The Morgan fingerprint density at radius 3 is 2.79 bits per heavy atom. The minimum atomic E-state index is 0.313. The van der Waals surface area contributed by atoms with E-state index in [9.17, 15) is 0 Å². The third kappa shape index (κ3) is 2.69. The summed E-state index contributed by atoms with van der Waals surface area (Å²) >= 11 is 1.82. The molecule has 0 radical (unpaired) electrons. The Kier molecular flexibility index (Phi) is 4.15. The molecule has 2 saturated carbocycles. The lowest BCUT2D eigenvalue weighted by molar-refractivity contribution is 0.279. The number of hydrazine groups is 1. The minimum absolute atomic E-state index is 0.313. The Morgan fingerprint density at radius 1 is 1.32 bits per heavy atom. The first-order valence-electron chi connectivity index (χ1n) is 7.41. The van der Waals surface area contributed by atoms with E-state index in [1.165, 1.54) is 42.6 Å². The van der Waals surface area contributed by atoms with Gasteiger partial charge in [0, 0.05) is 10.9 Å². The van der Waals surface area contributed by atoms with Crippen LogP contribution in [0.15, 0.2) is 29.2 Å². The Labute approximate surface area is 120 Å². The number of thioether (sulfide) groups is 1. The maximum absolute atomic E-state index is 5.85. The fourth-order valence-corrected chi connectivity index (χ4v) is 4.87. The maximum Gasteiger partial charge on any atom is 0.0473 e. The Bertz CT molecular complexity index is 435. The molecule has 2 nitrogen and oxygen atoms in total. The smallest absolute Gasteiger partial charge is 0.0473 e. The van der Waals surface area contributed by atoms with Crippen molar-refractivity contribution in [3.05, 3.63) is 29.8 Å². The second-order valence-corrected chi connectivity index (χ2v) is 6.98. The molecule has 3 heteroatoms. The van der Waals surface area contributed by atoms with Gasteiger partial charge in [0.25, 0.3) is 0 Å². The molecule has 1 aromatic carbocycles. The largest absolute Gasteiger partial charge is 0.271 e. The molecule has 104 valence electrons. The fourth-order valence-electron chi connectivity index (χ4n) is 4.21. The molecule has 2 aliphatic carbocycles. The van der Waals surface area contributed by atoms with Crippen LogP contribution in [-0.2, 0) is 0 Å². The van der Waals surface area contributed by atoms with E-state index in [2.05, 4.69) is 35.9 Å². The summed E-state index contributed by atoms with van der Waals surface area (Å²) in [5.74, 6) is 8.72. The van der Waals surface area contributed by atoms with Crippen molar-refractivity contribution in [2.75, 3.05) is 6.26 Å². The van der Waals surface area contributed by atoms with Crippen molar-refractivity contribution in [3.8, 4) is 0 Å². The maximum atomic E-state index is 5.85. The molecular formula is C16H24N2S. The molecule has 0 saturated heterocycles. The Morgan fingerprint density at radius 2 is 2.16 bits per heavy atom. The zero-order valence-corrected chi connectivity index (χ0v) is 12.5. The van der Waals surface area contributed by atoms with Crippen LogP contribution in [0.1, 0.15) is 43.7 Å². The summed E-state index contributed by atoms with van der Waals surface area (Å²) < 4.78 is 0. The SMILES string of the molecule is CSc1ccccc1C(CC1CC2CCC1C2)NN. The first-order chi connectivity index (χ1) is 9.31. The van der Waals surface area contributed by atoms with Crippen molar-refractivity contribution in [3.63, 3.8) is 0 Å². The lowest BCUT2D eigenvalue weighted by Gasteiger charge is -2.27. The summed E-state index contributed by atoms with van der Waals surface area (Å²) in [6, 6.07) is 8.98. The molecule has 1 aromatic rings. The normalized spacial score (nSPS) is 30.7. The molecule has 0 amide bonds. The van der Waals surface area contributed by atoms with Crippen molar-refractivity contribution < 1.29 is 0 Å². The number of hydrogen-bond donors (Lipinski definition) is 2. The highest BCUT2D eigenvalue weighted by molar-refractivity contribution is 7.98. The number of hydrogen-bond acceptors (Lipinski definition) is 3. The van der Waals surface area contributed by atoms with Gasteiger partial charge < -0.3 is 0 Å². The third-order valence-electron chi connectivity index (χ3n) is 5.14. The molecular weight excluding hydrogens is 252 g/mol. The van der Waals surface area contributed by atoms with Crippen LogP contribution >= 0.6 is 11.8 Å². The second kappa shape index (κ2) is 5.86. The average molecular weight is 276 g/mol. The lowest BCUT2D eigenvalue weighted by atomic mass is 9.83. The zero-order chi connectivity index (χ0) is 13.2. The molecule has 4 unspecified atom stereocenters. The highest BCUT2D eigenvalue weighted by atomic mass is 32.2. The number of fused-ring (bicyclic) bond motifs is 2. The summed E-state index contributed by atoms with van der Waals surface area (Å²) in [5, 5.41) is 0. The summed E-state index contributed by atoms with van der Waals surface area (Å²) in [6.07, 6.45) is 9.19. The van der Waals surface area contributed by atoms with Crippen LogP contribution in [0, 0.1) is 17.8 Å². The molecule has 2 aliphatic rings. The fraction of sp³-hybridized carbons (Fsp3) is 0.625. The third-order valence-corrected chi connectivity index (χ3v) is 5.95. The highest BCUT2D eigenvalue weighted by Crippen LogP contribution is 2.51. The minimum Gasteiger partial charge on any atom is -0.271 e. The van der Waals surface area contributed by atoms with E-state index in [0.717, 1.165) is 17.8 Å². The van der Waals surface area contributed by atoms with E-state index in [0.29, 0.717) is 6.04 Å². The van der Waals surface area contributed by atoms with Gasteiger partial charge in [-0.1, -0.05) is 24.6 Å². The van der Waals surface area contributed by atoms with Gasteiger partial charge in [0.15, 0.2) is 0 Å². The Balaban J connectivity index is 1.73. The summed E-state index contributed by atoms with van der Waals surface area (Å²) in [6.45, 7) is 0. The lowest BCUT2D eigenvalue weighted by Crippen LogP contribution is -2.31. The number of benzene rings is 1. The molecule has 3 rings (SSSR count). The van der Waals surface area contributed by atoms with Crippen LogP contribution in [0.5, 0.6) is 0 Å². The highest BCUT2D eigenvalue weighted by Gasteiger charge is 2.40. The number of rotatable bonds is 5. The predicted octanol–water partition coefficient (Wildman–Crippen LogP) is 3.74. The topological polar surface area (TPSA) is 38.0 Å². The van der Waals surface area contributed by atoms with Gasteiger partial charge in [-0.15, -0.1) is 11.8 Å². The van der Waals surface area contributed by atoms with Gasteiger partial charge in [-0.2, -0.15) is 0 Å². The number of nitrogens with one attached hydrogen (secondary N) is 1. The molecule has 19 heavy (non-hydrogen) atoms. The molecule has 2 bridgehead atoms. The van der Waals surface area contributed by atoms with Crippen LogP contribution in [0.25, 0.3) is 0 Å². The van der Waals surface area contributed by atoms with Crippen molar-refractivity contribution >= 4 is 11.8 Å². The average Bonchev–Trinajstić information content (AvgIpc) is 3.07. The molecule has 3 N–H and O–H groups in total. The summed E-state index contributed by atoms with van der Waals surface area (Å²) in [4.78, 5) is 1.36. The molecule has 0 aliphatic heterocycles. The van der Waals surface area contributed by atoms with Crippen LogP contribution in [0.2, 0.25) is 0 Å². The van der Waals surface area contributed by atoms with Crippen molar-refractivity contribution in [2.24, 2.45) is 23.6 Å². The van der Waals surface area contributed by atoms with Crippen molar-refractivity contribution in [1.82, 2.24) is 5.43 Å². The van der Waals surface area contributed by atoms with Gasteiger partial charge in [-0.3, -0.25) is 11.3 Å². The van der Waals surface area contributed by atoms with E-state index in [1.807, 2.05) is 11.8 Å². The van der Waals surface area contributed by atoms with E-state index in [-0.39, 0.29) is 0 Å². The standard InChI is InChI=1S/C16H24N2S/c1-19-16-5-3-2-4-14(16)15(18-17)10-13-9-11-6-7-12(13)8-11/h2-5,11-13,15,18H,6-10,17H2,1H3. The first kappa shape index (κ1) is 13.5. The summed E-state index contributed by atoms with van der Waals surface area (Å²) in [5.41, 5.74) is 4.44. The second-order valence-electron chi connectivity index (χ2n) is 6.13. The molecule has 0 spiro atoms. The van der Waals surface area contributed by atoms with Gasteiger partial charge in [-0.05, 0) is 61.3 Å². The van der Waals surface area contributed by atoms with Crippen molar-refractivity contribution in [1.29, 1.82) is 0 Å². The van der Waals surface area contributed by atoms with Crippen molar-refractivity contribution in [2.45, 2.75) is 43.0 Å². The molecule has 0 aromatic heterocycles. The first-order valence-corrected chi connectivity index (χ1v) is 8.63. The molecule has 4 atom stereocenters. The monoisotopic (exact) mass is 276 g/mol. The van der Waals surface area contributed by atoms with E-state index >= 15 is 0 Å². The van der Waals surface area contributed by atoms with Gasteiger partial charge in [0.2, 0.25) is 0 Å². The molecule has 0 heterocycles. The van der Waals surface area contributed by atoms with Gasteiger partial charge in [0.1, 0.15) is 0 Å². The van der Waals surface area contributed by atoms with Crippen LogP contribution in [0.4, 0.5) is 0 Å². The van der Waals surface area contributed by atoms with E-state index in [4.69, 9.17) is 5.84 Å². The Hall–Kier alpha value is -0.510. The van der Waals surface area contributed by atoms with E-state index in [1.54, 1.807) is 0 Å². The zero-order valence-electron chi connectivity index (χ0n) is 11.6. The van der Waals surface area contributed by atoms with Crippen LogP contribution in [-0.4, -0.2) is 6.26 Å². The number of nitrogens with two attached hydrogens (primary N) is 1. The van der Waals surface area contributed by atoms with Gasteiger partial charge in [-0.25, -0.2) is 0 Å². The van der Waals surface area contributed by atoms with Gasteiger partial charge >= 0.3 is 0 Å². The quantitative estimate of drug-likeness (QED) is 0.489. The van der Waals surface area contributed by atoms with Gasteiger partial charge in [0.05, 0.1) is 0 Å². The molecule has 2 fully saturated rings. The summed E-state index contributed by atoms with van der Waals surface area (Å²) in [7, 11) is 0.